The Balaban J connectivity index is 1.76. The quantitative estimate of drug-likeness (QED) is 0.692. The van der Waals surface area contributed by atoms with E-state index < -0.39 is 0 Å². The Hall–Kier alpha value is -3.48. The van der Waals surface area contributed by atoms with Crippen molar-refractivity contribution in [2.24, 2.45) is 11.0 Å². The number of methoxy groups -OCH3 is 3. The third-order valence-electron chi connectivity index (χ3n) is 5.15. The fourth-order valence-electron chi connectivity index (χ4n) is 3.69. The third kappa shape index (κ3) is 3.40. The lowest BCUT2D eigenvalue weighted by molar-refractivity contribution is -0.121. The average Bonchev–Trinajstić information content (AvgIpc) is 3.16. The van der Waals surface area contributed by atoms with Crippen molar-refractivity contribution in [1.82, 2.24) is 10.4 Å². The molecule has 0 bridgehead atoms. The molecule has 150 valence electrons. The van der Waals surface area contributed by atoms with Crippen LogP contribution in [0.5, 0.6) is 17.2 Å². The van der Waals surface area contributed by atoms with E-state index in [0.29, 0.717) is 23.7 Å². The Morgan fingerprint density at radius 2 is 1.69 bits per heavy atom. The van der Waals surface area contributed by atoms with E-state index in [4.69, 9.17) is 14.2 Å². The fraction of sp³-hybridized carbons (Fsp3) is 0.273. The average molecular weight is 393 g/mol. The minimum absolute atomic E-state index is 0.0475. The maximum absolute atomic E-state index is 11.5. The first-order valence-electron chi connectivity index (χ1n) is 9.34. The molecule has 2 aromatic carbocycles. The summed E-state index contributed by atoms with van der Waals surface area (Å²) >= 11 is 0. The van der Waals surface area contributed by atoms with E-state index in [-0.39, 0.29) is 11.8 Å². The van der Waals surface area contributed by atoms with Gasteiger partial charge in [-0.25, -0.2) is 5.43 Å². The molecule has 1 aliphatic rings. The zero-order valence-electron chi connectivity index (χ0n) is 16.8. The van der Waals surface area contributed by atoms with Gasteiger partial charge in [0.2, 0.25) is 11.7 Å². The molecule has 2 heterocycles. The molecule has 7 nitrogen and oxygen atoms in total. The van der Waals surface area contributed by atoms with Crippen LogP contribution in [0.2, 0.25) is 0 Å². The zero-order chi connectivity index (χ0) is 20.5. The SMILES string of the molecule is COc1cc(-c2cc3cc(C4=NNC(=O)CC4C)ccc3[nH]2)cc(OC)c1OC. The second kappa shape index (κ2) is 7.50. The summed E-state index contributed by atoms with van der Waals surface area (Å²) in [5.41, 5.74) is 7.33. The van der Waals surface area contributed by atoms with Gasteiger partial charge >= 0.3 is 0 Å². The number of ether oxygens (including phenoxy) is 3. The minimum Gasteiger partial charge on any atom is -0.493 e. The summed E-state index contributed by atoms with van der Waals surface area (Å²) < 4.78 is 16.3. The molecule has 3 aromatic rings. The molecule has 1 atom stereocenters. The van der Waals surface area contributed by atoms with Crippen molar-refractivity contribution in [3.05, 3.63) is 42.0 Å². The van der Waals surface area contributed by atoms with E-state index in [1.165, 1.54) is 0 Å². The number of H-pyrrole nitrogens is 1. The maximum Gasteiger partial charge on any atom is 0.240 e. The van der Waals surface area contributed by atoms with Gasteiger partial charge in [0.15, 0.2) is 11.5 Å². The number of hydrogen-bond acceptors (Lipinski definition) is 5. The standard InChI is InChI=1S/C22H23N3O4/c1-12-7-20(26)24-25-21(12)13-5-6-16-14(8-13)9-17(23-16)15-10-18(27-2)22(29-4)19(11-15)28-3/h5-6,8-12,23H,7H2,1-4H3,(H,24,26). The maximum atomic E-state index is 11.5. The van der Waals surface area contributed by atoms with Crippen LogP contribution in [0.3, 0.4) is 0 Å². The molecule has 2 N–H and O–H groups in total. The lowest BCUT2D eigenvalue weighted by atomic mass is 9.93. The second-order valence-corrected chi connectivity index (χ2v) is 7.04. The van der Waals surface area contributed by atoms with Crippen molar-refractivity contribution in [2.45, 2.75) is 13.3 Å². The number of benzene rings is 2. The summed E-state index contributed by atoms with van der Waals surface area (Å²) in [4.78, 5) is 15.0. The number of aromatic amines is 1. The first kappa shape index (κ1) is 18.9. The van der Waals surface area contributed by atoms with Crippen LogP contribution < -0.4 is 19.6 Å². The Morgan fingerprint density at radius 1 is 0.966 bits per heavy atom. The second-order valence-electron chi connectivity index (χ2n) is 7.04. The molecule has 0 radical (unpaired) electrons. The first-order chi connectivity index (χ1) is 14.0. The van der Waals surface area contributed by atoms with E-state index in [0.717, 1.165) is 33.4 Å². The highest BCUT2D eigenvalue weighted by molar-refractivity contribution is 6.07. The van der Waals surface area contributed by atoms with Crippen molar-refractivity contribution in [1.29, 1.82) is 0 Å². The molecule has 1 aliphatic heterocycles. The zero-order valence-corrected chi connectivity index (χ0v) is 16.8. The highest BCUT2D eigenvalue weighted by atomic mass is 16.5. The van der Waals surface area contributed by atoms with Gasteiger partial charge in [-0.3, -0.25) is 4.79 Å². The molecular formula is C22H23N3O4. The summed E-state index contributed by atoms with van der Waals surface area (Å²) in [5.74, 6) is 1.79. The number of fused-ring (bicyclic) bond motifs is 1. The Morgan fingerprint density at radius 3 is 2.31 bits per heavy atom. The van der Waals surface area contributed by atoms with Gasteiger partial charge in [0.25, 0.3) is 0 Å². The van der Waals surface area contributed by atoms with Crippen molar-refractivity contribution < 1.29 is 19.0 Å². The van der Waals surface area contributed by atoms with Gasteiger partial charge in [-0.05, 0) is 35.9 Å². The van der Waals surface area contributed by atoms with Gasteiger partial charge in [0.1, 0.15) is 0 Å². The predicted molar refractivity (Wildman–Crippen MR) is 112 cm³/mol. The van der Waals surface area contributed by atoms with Crippen LogP contribution in [0.1, 0.15) is 18.9 Å². The lowest BCUT2D eigenvalue weighted by Gasteiger charge is -2.19. The number of aromatic nitrogens is 1. The van der Waals surface area contributed by atoms with E-state index in [9.17, 15) is 4.79 Å². The largest absolute Gasteiger partial charge is 0.493 e. The number of amides is 1. The summed E-state index contributed by atoms with van der Waals surface area (Å²) in [7, 11) is 4.79. The van der Waals surface area contributed by atoms with E-state index >= 15 is 0 Å². The molecule has 0 spiro atoms. The van der Waals surface area contributed by atoms with Crippen LogP contribution in [0.15, 0.2) is 41.5 Å². The summed E-state index contributed by atoms with van der Waals surface area (Å²) in [6.45, 7) is 2.01. The summed E-state index contributed by atoms with van der Waals surface area (Å²) in [6.07, 6.45) is 0.445. The molecule has 4 rings (SSSR count). The number of nitrogens with zero attached hydrogens (tertiary/aromatic N) is 1. The molecule has 0 aliphatic carbocycles. The Bertz CT molecular complexity index is 1090. The topological polar surface area (TPSA) is 84.9 Å². The molecular weight excluding hydrogens is 370 g/mol. The molecule has 1 unspecified atom stereocenters. The van der Waals surface area contributed by atoms with Gasteiger partial charge in [0, 0.05) is 34.5 Å². The van der Waals surface area contributed by atoms with Crippen LogP contribution in [-0.2, 0) is 4.79 Å². The van der Waals surface area contributed by atoms with Crippen LogP contribution in [-0.4, -0.2) is 37.9 Å². The number of rotatable bonds is 5. The fourth-order valence-corrected chi connectivity index (χ4v) is 3.69. The van der Waals surface area contributed by atoms with Gasteiger partial charge in [-0.2, -0.15) is 5.10 Å². The molecule has 0 saturated carbocycles. The van der Waals surface area contributed by atoms with Crippen molar-refractivity contribution >= 4 is 22.5 Å². The van der Waals surface area contributed by atoms with Crippen LogP contribution in [0.4, 0.5) is 0 Å². The van der Waals surface area contributed by atoms with E-state index in [1.807, 2.05) is 31.2 Å². The molecule has 0 fully saturated rings. The number of hydrazone groups is 1. The number of carbonyl (C=O) groups excluding carboxylic acids is 1. The van der Waals surface area contributed by atoms with Crippen molar-refractivity contribution in [3.8, 4) is 28.5 Å². The minimum atomic E-state index is -0.0475. The van der Waals surface area contributed by atoms with Gasteiger partial charge in [-0.1, -0.05) is 13.0 Å². The molecule has 1 aromatic heterocycles. The van der Waals surface area contributed by atoms with E-state index in [1.54, 1.807) is 21.3 Å². The molecule has 29 heavy (non-hydrogen) atoms. The smallest absolute Gasteiger partial charge is 0.240 e. The van der Waals surface area contributed by atoms with E-state index in [2.05, 4.69) is 27.6 Å². The lowest BCUT2D eigenvalue weighted by Crippen LogP contribution is -2.31. The van der Waals surface area contributed by atoms with Crippen molar-refractivity contribution in [2.75, 3.05) is 21.3 Å². The monoisotopic (exact) mass is 393 g/mol. The summed E-state index contributed by atoms with van der Waals surface area (Å²) in [6, 6.07) is 12.0. The number of carbonyl (C=O) groups is 1. The highest BCUT2D eigenvalue weighted by Gasteiger charge is 2.22. The molecule has 0 saturated heterocycles. The Labute approximate surface area is 168 Å². The number of nitrogens with one attached hydrogen (secondary N) is 2. The van der Waals surface area contributed by atoms with Crippen molar-refractivity contribution in [3.63, 3.8) is 0 Å². The van der Waals surface area contributed by atoms with Crippen LogP contribution >= 0.6 is 0 Å². The predicted octanol–water partition coefficient (Wildman–Crippen LogP) is 3.72. The third-order valence-corrected chi connectivity index (χ3v) is 5.15. The first-order valence-corrected chi connectivity index (χ1v) is 9.34. The Kier molecular flexibility index (Phi) is 4.88. The summed E-state index contributed by atoms with van der Waals surface area (Å²) in [5, 5.41) is 5.31. The van der Waals surface area contributed by atoms with Gasteiger partial charge in [0.05, 0.1) is 27.0 Å². The molecule has 7 heteroatoms. The van der Waals surface area contributed by atoms with Gasteiger partial charge in [-0.15, -0.1) is 0 Å². The van der Waals surface area contributed by atoms with Crippen LogP contribution in [0, 0.1) is 5.92 Å². The molecule has 1 amide bonds. The van der Waals surface area contributed by atoms with Crippen LogP contribution in [0.25, 0.3) is 22.2 Å². The normalized spacial score (nSPS) is 16.3. The number of hydrogen-bond donors (Lipinski definition) is 2. The van der Waals surface area contributed by atoms with Gasteiger partial charge < -0.3 is 19.2 Å². The highest BCUT2D eigenvalue weighted by Crippen LogP contribution is 2.41.